The lowest BCUT2D eigenvalue weighted by Gasteiger charge is -2.28. The molecule has 0 aromatic heterocycles. The maximum absolute atomic E-state index is 5.39. The number of morpholine rings is 1. The van der Waals surface area contributed by atoms with Crippen LogP contribution in [0.4, 0.5) is 5.69 Å². The predicted molar refractivity (Wildman–Crippen MR) is 94.2 cm³/mol. The summed E-state index contributed by atoms with van der Waals surface area (Å²) in [5, 5.41) is 6.48. The van der Waals surface area contributed by atoms with Gasteiger partial charge in [0.05, 0.1) is 26.4 Å². The minimum atomic E-state index is 0.658. The summed E-state index contributed by atoms with van der Waals surface area (Å²) in [4.78, 5) is 6.96. The predicted octanol–water partition coefficient (Wildman–Crippen LogP) is 1.22. The lowest BCUT2D eigenvalue weighted by atomic mass is 10.2. The summed E-state index contributed by atoms with van der Waals surface area (Å²) in [6.45, 7) is 8.52. The smallest absolute Gasteiger partial charge is 0.191 e. The van der Waals surface area contributed by atoms with Crippen molar-refractivity contribution >= 4 is 11.6 Å². The van der Waals surface area contributed by atoms with E-state index in [1.54, 1.807) is 7.11 Å². The SMILES string of the molecule is CCNC(=NCc1ccc(N2CCOCC2)cc1)NCCOC. The summed E-state index contributed by atoms with van der Waals surface area (Å²) in [5.74, 6) is 0.821. The molecule has 0 unspecified atom stereocenters. The summed E-state index contributed by atoms with van der Waals surface area (Å²) < 4.78 is 10.4. The van der Waals surface area contributed by atoms with Crippen LogP contribution in [0.15, 0.2) is 29.3 Å². The maximum atomic E-state index is 5.39. The van der Waals surface area contributed by atoms with Crippen molar-refractivity contribution in [3.8, 4) is 0 Å². The molecule has 0 spiro atoms. The zero-order chi connectivity index (χ0) is 16.3. The van der Waals surface area contributed by atoms with Crippen molar-refractivity contribution in [3.63, 3.8) is 0 Å². The van der Waals surface area contributed by atoms with Gasteiger partial charge in [-0.15, -0.1) is 0 Å². The average molecular weight is 320 g/mol. The number of hydrogen-bond acceptors (Lipinski definition) is 4. The van der Waals surface area contributed by atoms with E-state index < -0.39 is 0 Å². The fraction of sp³-hybridized carbons (Fsp3) is 0.588. The zero-order valence-corrected chi connectivity index (χ0v) is 14.2. The number of nitrogens with one attached hydrogen (secondary N) is 2. The molecule has 1 aromatic carbocycles. The maximum Gasteiger partial charge on any atom is 0.191 e. The van der Waals surface area contributed by atoms with Crippen LogP contribution in [-0.2, 0) is 16.0 Å². The first-order valence-electron chi connectivity index (χ1n) is 8.26. The first kappa shape index (κ1) is 17.6. The number of rotatable bonds is 7. The third-order valence-electron chi connectivity index (χ3n) is 3.68. The standard InChI is InChI=1S/C17H28N4O2/c1-3-18-17(19-8-11-22-2)20-14-15-4-6-16(7-5-15)21-9-12-23-13-10-21/h4-7H,3,8-14H2,1-2H3,(H2,18,19,20). The van der Waals surface area contributed by atoms with Crippen LogP contribution in [0.5, 0.6) is 0 Å². The molecule has 23 heavy (non-hydrogen) atoms. The summed E-state index contributed by atoms with van der Waals surface area (Å²) in [6, 6.07) is 8.63. The van der Waals surface area contributed by atoms with E-state index >= 15 is 0 Å². The minimum Gasteiger partial charge on any atom is -0.383 e. The quantitative estimate of drug-likeness (QED) is 0.449. The number of hydrogen-bond donors (Lipinski definition) is 2. The molecule has 6 heteroatoms. The highest BCUT2D eigenvalue weighted by atomic mass is 16.5. The van der Waals surface area contributed by atoms with Crippen LogP contribution in [-0.4, -0.2) is 59.1 Å². The first-order valence-corrected chi connectivity index (χ1v) is 8.26. The van der Waals surface area contributed by atoms with E-state index in [9.17, 15) is 0 Å². The Hall–Kier alpha value is -1.79. The van der Waals surface area contributed by atoms with Gasteiger partial charge in [0.2, 0.25) is 0 Å². The number of anilines is 1. The van der Waals surface area contributed by atoms with Crippen molar-refractivity contribution in [1.29, 1.82) is 0 Å². The number of nitrogens with zero attached hydrogens (tertiary/aromatic N) is 2. The summed E-state index contributed by atoms with van der Waals surface area (Å²) in [7, 11) is 1.70. The van der Waals surface area contributed by atoms with Crippen LogP contribution in [0.3, 0.4) is 0 Å². The second kappa shape index (κ2) is 10.1. The van der Waals surface area contributed by atoms with E-state index in [0.717, 1.165) is 45.4 Å². The van der Waals surface area contributed by atoms with Crippen LogP contribution >= 0.6 is 0 Å². The van der Waals surface area contributed by atoms with Crippen LogP contribution in [0.2, 0.25) is 0 Å². The Morgan fingerprint density at radius 3 is 2.61 bits per heavy atom. The van der Waals surface area contributed by atoms with Gasteiger partial charge in [-0.25, -0.2) is 4.99 Å². The second-order valence-corrected chi connectivity index (χ2v) is 5.38. The Morgan fingerprint density at radius 1 is 1.22 bits per heavy atom. The number of benzene rings is 1. The Balaban J connectivity index is 1.88. The van der Waals surface area contributed by atoms with Crippen molar-refractivity contribution < 1.29 is 9.47 Å². The Labute approximate surface area is 138 Å². The normalized spacial score (nSPS) is 15.6. The van der Waals surface area contributed by atoms with Crippen LogP contribution in [0, 0.1) is 0 Å². The Bertz CT molecular complexity index is 470. The second-order valence-electron chi connectivity index (χ2n) is 5.38. The van der Waals surface area contributed by atoms with Crippen molar-refractivity contribution in [3.05, 3.63) is 29.8 Å². The van der Waals surface area contributed by atoms with E-state index in [4.69, 9.17) is 9.47 Å². The number of ether oxygens (including phenoxy) is 2. The molecule has 0 amide bonds. The third-order valence-corrected chi connectivity index (χ3v) is 3.68. The Morgan fingerprint density at radius 2 is 1.96 bits per heavy atom. The largest absolute Gasteiger partial charge is 0.383 e. The van der Waals surface area contributed by atoms with Gasteiger partial charge in [-0.05, 0) is 24.6 Å². The third kappa shape index (κ3) is 6.08. The lowest BCUT2D eigenvalue weighted by Crippen LogP contribution is -2.38. The molecule has 0 aliphatic carbocycles. The molecule has 0 atom stereocenters. The Kier molecular flexibility index (Phi) is 7.69. The summed E-state index contributed by atoms with van der Waals surface area (Å²) >= 11 is 0. The first-order chi connectivity index (χ1) is 11.3. The van der Waals surface area contributed by atoms with Gasteiger partial charge in [-0.3, -0.25) is 0 Å². The van der Waals surface area contributed by atoms with Gasteiger partial charge in [-0.2, -0.15) is 0 Å². The van der Waals surface area contributed by atoms with Gasteiger partial charge in [-0.1, -0.05) is 12.1 Å². The molecular formula is C17H28N4O2. The number of methoxy groups -OCH3 is 1. The molecule has 1 heterocycles. The molecule has 1 aliphatic heterocycles. The van der Waals surface area contributed by atoms with Crippen molar-refractivity contribution in [2.45, 2.75) is 13.5 Å². The molecule has 1 saturated heterocycles. The molecule has 2 N–H and O–H groups in total. The van der Waals surface area contributed by atoms with E-state index in [2.05, 4.69) is 51.7 Å². The van der Waals surface area contributed by atoms with Gasteiger partial charge in [0.15, 0.2) is 5.96 Å². The van der Waals surface area contributed by atoms with Crippen molar-refractivity contribution in [2.75, 3.05) is 58.0 Å². The van der Waals surface area contributed by atoms with Crippen LogP contribution < -0.4 is 15.5 Å². The van der Waals surface area contributed by atoms with Crippen LogP contribution in [0.25, 0.3) is 0 Å². The fourth-order valence-corrected chi connectivity index (χ4v) is 2.42. The van der Waals surface area contributed by atoms with Crippen LogP contribution in [0.1, 0.15) is 12.5 Å². The van der Waals surface area contributed by atoms with Gasteiger partial charge in [0, 0.05) is 39.0 Å². The molecule has 0 bridgehead atoms. The number of aliphatic imine (C=N–C) groups is 1. The highest BCUT2D eigenvalue weighted by Crippen LogP contribution is 2.17. The molecule has 2 rings (SSSR count). The van der Waals surface area contributed by atoms with E-state index in [1.807, 2.05) is 0 Å². The molecule has 128 valence electrons. The minimum absolute atomic E-state index is 0.658. The van der Waals surface area contributed by atoms with Gasteiger partial charge in [0.1, 0.15) is 0 Å². The monoisotopic (exact) mass is 320 g/mol. The number of guanidine groups is 1. The highest BCUT2D eigenvalue weighted by Gasteiger charge is 2.10. The molecule has 6 nitrogen and oxygen atoms in total. The van der Waals surface area contributed by atoms with Crippen molar-refractivity contribution in [1.82, 2.24) is 10.6 Å². The van der Waals surface area contributed by atoms with Crippen molar-refractivity contribution in [2.24, 2.45) is 4.99 Å². The highest BCUT2D eigenvalue weighted by molar-refractivity contribution is 5.79. The molecule has 1 aliphatic rings. The van der Waals surface area contributed by atoms with E-state index in [0.29, 0.717) is 13.2 Å². The molecular weight excluding hydrogens is 292 g/mol. The van der Waals surface area contributed by atoms with Gasteiger partial charge >= 0.3 is 0 Å². The zero-order valence-electron chi connectivity index (χ0n) is 14.2. The molecule has 0 radical (unpaired) electrons. The topological polar surface area (TPSA) is 58.1 Å². The summed E-state index contributed by atoms with van der Waals surface area (Å²) in [5.41, 5.74) is 2.46. The molecule has 1 aromatic rings. The van der Waals surface area contributed by atoms with Gasteiger partial charge < -0.3 is 25.0 Å². The fourth-order valence-electron chi connectivity index (χ4n) is 2.42. The summed E-state index contributed by atoms with van der Waals surface area (Å²) in [6.07, 6.45) is 0. The lowest BCUT2D eigenvalue weighted by molar-refractivity contribution is 0.122. The van der Waals surface area contributed by atoms with E-state index in [1.165, 1.54) is 11.3 Å². The average Bonchev–Trinajstić information content (AvgIpc) is 2.61. The molecule has 0 saturated carbocycles. The molecule has 1 fully saturated rings. The van der Waals surface area contributed by atoms with Gasteiger partial charge in [0.25, 0.3) is 0 Å². The van der Waals surface area contributed by atoms with E-state index in [-0.39, 0.29) is 0 Å².